The maximum Gasteiger partial charge on any atom is 0.338 e. The number of amides is 1. The van der Waals surface area contributed by atoms with Gasteiger partial charge in [0.05, 0.1) is 12.2 Å². The van der Waals surface area contributed by atoms with Crippen LogP contribution in [0.5, 0.6) is 0 Å². The normalized spacial score (nSPS) is 20.3. The predicted molar refractivity (Wildman–Crippen MR) is 123 cm³/mol. The van der Waals surface area contributed by atoms with Crippen LogP contribution < -0.4 is 5.32 Å². The average Bonchev–Trinajstić information content (AvgIpc) is 3.21. The number of hydrogen-bond acceptors (Lipinski definition) is 3. The zero-order valence-electron chi connectivity index (χ0n) is 18.0. The van der Waals surface area contributed by atoms with Crippen LogP contribution in [0.25, 0.3) is 11.1 Å². The Balaban J connectivity index is 1.70. The lowest BCUT2D eigenvalue weighted by Gasteiger charge is -2.34. The molecule has 2 aromatic rings. The molecule has 1 saturated carbocycles. The van der Waals surface area contributed by atoms with E-state index < -0.39 is 0 Å². The molecule has 0 spiro atoms. The van der Waals surface area contributed by atoms with Crippen molar-refractivity contribution in [3.8, 4) is 11.1 Å². The number of esters is 1. The largest absolute Gasteiger partial charge is 0.462 e. The minimum absolute atomic E-state index is 0.0155. The molecule has 164 valence electrons. The fourth-order valence-electron chi connectivity index (χ4n) is 5.33. The molecule has 2 atom stereocenters. The Kier molecular flexibility index (Phi) is 6.96. The second-order valence-corrected chi connectivity index (χ2v) is 9.02. The zero-order chi connectivity index (χ0) is 21.8. The van der Waals surface area contributed by atoms with Crippen molar-refractivity contribution < 1.29 is 14.3 Å². The molecule has 1 heterocycles. The number of rotatable bonds is 6. The van der Waals surface area contributed by atoms with E-state index in [4.69, 9.17) is 16.3 Å². The molecule has 5 heteroatoms. The molecule has 1 aliphatic carbocycles. The number of hydrogen-bond donors (Lipinski definition) is 1. The molecule has 1 N–H and O–H groups in total. The Morgan fingerprint density at radius 3 is 2.58 bits per heavy atom. The highest BCUT2D eigenvalue weighted by Crippen LogP contribution is 2.45. The third-order valence-corrected chi connectivity index (χ3v) is 7.10. The van der Waals surface area contributed by atoms with Gasteiger partial charge in [0.15, 0.2) is 0 Å². The molecule has 0 bridgehead atoms. The van der Waals surface area contributed by atoms with Crippen molar-refractivity contribution in [3.05, 3.63) is 58.6 Å². The van der Waals surface area contributed by atoms with Crippen molar-refractivity contribution in [2.45, 2.75) is 51.4 Å². The van der Waals surface area contributed by atoms with Crippen LogP contribution in [0.15, 0.2) is 42.5 Å². The Hall–Kier alpha value is -2.33. The monoisotopic (exact) mass is 439 g/mol. The molecular formula is C26H30ClNO3. The van der Waals surface area contributed by atoms with Crippen LogP contribution in [-0.4, -0.2) is 25.0 Å². The molecule has 2 fully saturated rings. The molecule has 4 nitrogen and oxygen atoms in total. The van der Waals surface area contributed by atoms with Crippen molar-refractivity contribution >= 4 is 23.5 Å². The van der Waals surface area contributed by atoms with Gasteiger partial charge in [-0.05, 0) is 66.8 Å². The number of ether oxygens (including phenoxy) is 1. The maximum atomic E-state index is 12.6. The van der Waals surface area contributed by atoms with Gasteiger partial charge in [0.1, 0.15) is 0 Å². The first-order valence-corrected chi connectivity index (χ1v) is 11.8. The predicted octanol–water partition coefficient (Wildman–Crippen LogP) is 5.98. The summed E-state index contributed by atoms with van der Waals surface area (Å²) in [4.78, 5) is 25.0. The van der Waals surface area contributed by atoms with Gasteiger partial charge < -0.3 is 10.1 Å². The van der Waals surface area contributed by atoms with Gasteiger partial charge in [0, 0.05) is 17.5 Å². The lowest BCUT2D eigenvalue weighted by molar-refractivity contribution is -0.123. The maximum absolute atomic E-state index is 12.6. The molecule has 1 saturated heterocycles. The molecule has 1 aliphatic heterocycles. The van der Waals surface area contributed by atoms with Gasteiger partial charge in [-0.25, -0.2) is 4.79 Å². The number of carbonyl (C=O) groups excluding carboxylic acids is 2. The van der Waals surface area contributed by atoms with Gasteiger partial charge in [0.2, 0.25) is 5.91 Å². The van der Waals surface area contributed by atoms with E-state index in [9.17, 15) is 9.59 Å². The van der Waals surface area contributed by atoms with Crippen LogP contribution in [0.1, 0.15) is 67.3 Å². The summed E-state index contributed by atoms with van der Waals surface area (Å²) in [5.74, 6) is 0.435. The van der Waals surface area contributed by atoms with Crippen molar-refractivity contribution in [1.82, 2.24) is 5.32 Å². The Bertz CT molecular complexity index is 951. The molecule has 4 rings (SSSR count). The summed E-state index contributed by atoms with van der Waals surface area (Å²) in [5, 5.41) is 3.69. The first kappa shape index (κ1) is 21.9. The van der Waals surface area contributed by atoms with Crippen LogP contribution in [0, 0.1) is 11.8 Å². The summed E-state index contributed by atoms with van der Waals surface area (Å²) in [5.41, 5.74) is 3.29. The molecule has 1 amide bonds. The second kappa shape index (κ2) is 9.86. The van der Waals surface area contributed by atoms with Crippen LogP contribution in [-0.2, 0) is 9.53 Å². The third-order valence-electron chi connectivity index (χ3n) is 6.78. The molecule has 2 aliphatic rings. The topological polar surface area (TPSA) is 55.4 Å². The number of halogens is 1. The van der Waals surface area contributed by atoms with Gasteiger partial charge in [-0.1, -0.05) is 61.2 Å². The van der Waals surface area contributed by atoms with E-state index in [0.29, 0.717) is 23.1 Å². The summed E-state index contributed by atoms with van der Waals surface area (Å²) in [7, 11) is 0. The van der Waals surface area contributed by atoms with E-state index in [-0.39, 0.29) is 23.7 Å². The Labute approximate surface area is 189 Å². The fourth-order valence-corrected chi connectivity index (χ4v) is 5.64. The summed E-state index contributed by atoms with van der Waals surface area (Å²) in [6.45, 7) is 2.88. The van der Waals surface area contributed by atoms with Crippen molar-refractivity contribution in [2.24, 2.45) is 11.8 Å². The lowest BCUT2D eigenvalue weighted by atomic mass is 9.70. The van der Waals surface area contributed by atoms with Crippen molar-refractivity contribution in [3.63, 3.8) is 0 Å². The van der Waals surface area contributed by atoms with E-state index in [1.165, 1.54) is 19.3 Å². The van der Waals surface area contributed by atoms with Gasteiger partial charge >= 0.3 is 5.97 Å². The Morgan fingerprint density at radius 2 is 1.90 bits per heavy atom. The third kappa shape index (κ3) is 4.64. The zero-order valence-corrected chi connectivity index (χ0v) is 18.8. The number of benzene rings is 2. The van der Waals surface area contributed by atoms with E-state index >= 15 is 0 Å². The van der Waals surface area contributed by atoms with E-state index in [1.807, 2.05) is 30.3 Å². The summed E-state index contributed by atoms with van der Waals surface area (Å²) in [6.07, 6.45) is 6.88. The minimum Gasteiger partial charge on any atom is -0.462 e. The van der Waals surface area contributed by atoms with Crippen LogP contribution >= 0.6 is 11.6 Å². The smallest absolute Gasteiger partial charge is 0.338 e. The summed E-state index contributed by atoms with van der Waals surface area (Å²) in [6, 6.07) is 13.5. The molecule has 0 radical (unpaired) electrons. The first-order valence-electron chi connectivity index (χ1n) is 11.4. The number of nitrogens with one attached hydrogen (secondary N) is 1. The Morgan fingerprint density at radius 1 is 1.13 bits per heavy atom. The molecule has 2 aromatic carbocycles. The van der Waals surface area contributed by atoms with Gasteiger partial charge in [0.25, 0.3) is 0 Å². The highest BCUT2D eigenvalue weighted by atomic mass is 35.5. The molecule has 2 unspecified atom stereocenters. The van der Waals surface area contributed by atoms with Crippen molar-refractivity contribution in [2.75, 3.05) is 13.2 Å². The lowest BCUT2D eigenvalue weighted by Crippen LogP contribution is -2.29. The van der Waals surface area contributed by atoms with E-state index in [2.05, 4.69) is 11.4 Å². The molecule has 31 heavy (non-hydrogen) atoms. The second-order valence-electron chi connectivity index (χ2n) is 8.61. The van der Waals surface area contributed by atoms with Crippen LogP contribution in [0.2, 0.25) is 5.02 Å². The van der Waals surface area contributed by atoms with Crippen LogP contribution in [0.4, 0.5) is 0 Å². The fraction of sp³-hybridized carbons (Fsp3) is 0.462. The highest BCUT2D eigenvalue weighted by Gasteiger charge is 2.39. The van der Waals surface area contributed by atoms with Gasteiger partial charge in [-0.15, -0.1) is 0 Å². The van der Waals surface area contributed by atoms with E-state index in [1.54, 1.807) is 13.0 Å². The average molecular weight is 440 g/mol. The quantitative estimate of drug-likeness (QED) is 0.563. The van der Waals surface area contributed by atoms with Gasteiger partial charge in [-0.2, -0.15) is 0 Å². The van der Waals surface area contributed by atoms with Crippen LogP contribution in [0.3, 0.4) is 0 Å². The van der Waals surface area contributed by atoms with E-state index in [0.717, 1.165) is 42.5 Å². The van der Waals surface area contributed by atoms with Crippen molar-refractivity contribution in [1.29, 1.82) is 0 Å². The summed E-state index contributed by atoms with van der Waals surface area (Å²) < 4.78 is 5.22. The minimum atomic E-state index is -0.332. The highest BCUT2D eigenvalue weighted by molar-refractivity contribution is 6.31. The standard InChI is InChI=1S/C26H30ClNO3/c1-2-31-26(30)20-11-7-6-10-19(20)18-12-13-21(23(27)16-18)24(17-8-4-3-5-9-17)22-14-15-28-25(22)29/h6-7,10-13,16-17,22,24H,2-5,8-9,14-15H2,1H3,(H,28,29). The molecule has 0 aromatic heterocycles. The van der Waals surface area contributed by atoms with Gasteiger partial charge in [-0.3, -0.25) is 4.79 Å². The first-order chi connectivity index (χ1) is 15.1. The SMILES string of the molecule is CCOC(=O)c1ccccc1-c1ccc(C(C2CCCCC2)C2CCNC2=O)c(Cl)c1. The number of carbonyl (C=O) groups is 2. The molecular weight excluding hydrogens is 410 g/mol. The summed E-state index contributed by atoms with van der Waals surface area (Å²) >= 11 is 6.86.